The van der Waals surface area contributed by atoms with Crippen LogP contribution in [0.25, 0.3) is 0 Å². The molecule has 7 heteroatoms. The van der Waals surface area contributed by atoms with Crippen LogP contribution < -0.4 is 10.2 Å². The lowest BCUT2D eigenvalue weighted by Gasteiger charge is -2.16. The number of pyridine rings is 1. The molecule has 0 bridgehead atoms. The SMILES string of the molecule is O=C(NC[C@@H]1[C@@H](c2ccccc2)[C@]12CN(c1nccs1)C[C@@H]2O)c1ccncc1. The molecule has 2 N–H and O–H groups in total. The summed E-state index contributed by atoms with van der Waals surface area (Å²) in [5.41, 5.74) is 1.55. The molecule has 6 nitrogen and oxygen atoms in total. The van der Waals surface area contributed by atoms with Crippen LogP contribution in [-0.2, 0) is 0 Å². The summed E-state index contributed by atoms with van der Waals surface area (Å²) in [7, 11) is 0. The number of benzene rings is 1. The summed E-state index contributed by atoms with van der Waals surface area (Å²) in [5.74, 6) is 0.280. The molecule has 4 atom stereocenters. The molecule has 3 aromatic rings. The van der Waals surface area contributed by atoms with E-state index in [1.54, 1.807) is 42.1 Å². The van der Waals surface area contributed by atoms with E-state index in [9.17, 15) is 9.90 Å². The van der Waals surface area contributed by atoms with E-state index >= 15 is 0 Å². The first kappa shape index (κ1) is 18.3. The lowest BCUT2D eigenvalue weighted by atomic mass is 9.95. The van der Waals surface area contributed by atoms with Crippen LogP contribution in [0.15, 0.2) is 66.4 Å². The Balaban J connectivity index is 1.38. The van der Waals surface area contributed by atoms with Gasteiger partial charge in [-0.15, -0.1) is 11.3 Å². The van der Waals surface area contributed by atoms with Gasteiger partial charge in [0, 0.05) is 54.6 Å². The van der Waals surface area contributed by atoms with Gasteiger partial charge >= 0.3 is 0 Å². The van der Waals surface area contributed by atoms with E-state index in [0.717, 1.165) is 11.7 Å². The normalized spacial score (nSPS) is 27.9. The number of aromatic nitrogens is 2. The molecule has 1 spiro atoms. The van der Waals surface area contributed by atoms with Crippen molar-refractivity contribution in [3.05, 3.63) is 77.6 Å². The van der Waals surface area contributed by atoms with Crippen LogP contribution in [0.2, 0.25) is 0 Å². The number of aliphatic hydroxyl groups excluding tert-OH is 1. The summed E-state index contributed by atoms with van der Waals surface area (Å²) >= 11 is 1.59. The highest BCUT2D eigenvalue weighted by Crippen LogP contribution is 2.69. The highest BCUT2D eigenvalue weighted by atomic mass is 32.1. The van der Waals surface area contributed by atoms with E-state index in [-0.39, 0.29) is 23.2 Å². The van der Waals surface area contributed by atoms with Crippen LogP contribution in [-0.4, -0.2) is 46.7 Å². The zero-order chi connectivity index (χ0) is 19.8. The fraction of sp³-hybridized carbons (Fsp3) is 0.318. The lowest BCUT2D eigenvalue weighted by Crippen LogP contribution is -2.30. The van der Waals surface area contributed by atoms with Crippen molar-refractivity contribution < 1.29 is 9.90 Å². The molecule has 0 radical (unpaired) electrons. The number of nitrogens with one attached hydrogen (secondary N) is 1. The van der Waals surface area contributed by atoms with Crippen LogP contribution in [0.5, 0.6) is 0 Å². The Bertz CT molecular complexity index is 983. The van der Waals surface area contributed by atoms with Gasteiger partial charge in [0.25, 0.3) is 5.91 Å². The fourth-order valence-electron chi connectivity index (χ4n) is 4.93. The topological polar surface area (TPSA) is 78.4 Å². The van der Waals surface area contributed by atoms with Crippen molar-refractivity contribution >= 4 is 22.4 Å². The van der Waals surface area contributed by atoms with E-state index in [4.69, 9.17) is 0 Å². The summed E-state index contributed by atoms with van der Waals surface area (Å²) in [6.07, 6.45) is 4.57. The van der Waals surface area contributed by atoms with Gasteiger partial charge in [0.15, 0.2) is 5.13 Å². The maximum atomic E-state index is 12.5. The van der Waals surface area contributed by atoms with Crippen molar-refractivity contribution in [2.24, 2.45) is 11.3 Å². The Kier molecular flexibility index (Phi) is 4.56. The molecule has 148 valence electrons. The zero-order valence-corrected chi connectivity index (χ0v) is 16.6. The Labute approximate surface area is 173 Å². The van der Waals surface area contributed by atoms with Gasteiger partial charge in [-0.1, -0.05) is 30.3 Å². The van der Waals surface area contributed by atoms with E-state index in [1.807, 2.05) is 23.6 Å². The average molecular weight is 407 g/mol. The number of β-amino-alcohol motifs (C(OH)–C–C–N with tert-alkyl or cyclic N) is 1. The van der Waals surface area contributed by atoms with Crippen molar-refractivity contribution in [3.63, 3.8) is 0 Å². The number of carbonyl (C=O) groups excluding carboxylic acids is 1. The van der Waals surface area contributed by atoms with Crippen molar-refractivity contribution in [1.82, 2.24) is 15.3 Å². The van der Waals surface area contributed by atoms with Crippen molar-refractivity contribution in [1.29, 1.82) is 0 Å². The van der Waals surface area contributed by atoms with Gasteiger partial charge in [0.1, 0.15) is 0 Å². The van der Waals surface area contributed by atoms with Gasteiger partial charge in [-0.05, 0) is 29.5 Å². The first-order valence-corrected chi connectivity index (χ1v) is 10.6. The van der Waals surface area contributed by atoms with Crippen LogP contribution in [0, 0.1) is 11.3 Å². The smallest absolute Gasteiger partial charge is 0.251 e. The standard InChI is InChI=1S/C22H22N4O2S/c27-18-13-26(21-24-10-11-29-21)14-22(18)17(19(22)15-4-2-1-3-5-15)12-25-20(28)16-6-8-23-9-7-16/h1-11,17-19,27H,12-14H2,(H,25,28)/t17-,18+,19-,22-/m1/s1. The molecule has 3 heterocycles. The average Bonchev–Trinajstić information content (AvgIpc) is 3.06. The molecule has 2 fully saturated rings. The number of rotatable bonds is 5. The van der Waals surface area contributed by atoms with Crippen molar-refractivity contribution in [2.45, 2.75) is 12.0 Å². The summed E-state index contributed by atoms with van der Waals surface area (Å²) < 4.78 is 0. The fourth-order valence-corrected chi connectivity index (χ4v) is 5.58. The number of hydrogen-bond acceptors (Lipinski definition) is 6. The summed E-state index contributed by atoms with van der Waals surface area (Å²) in [6, 6.07) is 13.7. The Hall–Kier alpha value is -2.77. The molecular weight excluding hydrogens is 384 g/mol. The van der Waals surface area contributed by atoms with Gasteiger partial charge in [0.05, 0.1) is 6.10 Å². The first-order chi connectivity index (χ1) is 14.2. The Morgan fingerprint density at radius 1 is 1.21 bits per heavy atom. The number of thiazole rings is 1. The monoisotopic (exact) mass is 406 g/mol. The van der Waals surface area contributed by atoms with Crippen LogP contribution in [0.3, 0.4) is 0 Å². The van der Waals surface area contributed by atoms with E-state index < -0.39 is 6.10 Å². The molecule has 2 aromatic heterocycles. The number of carbonyl (C=O) groups is 1. The highest BCUT2D eigenvalue weighted by Gasteiger charge is 2.71. The van der Waals surface area contributed by atoms with E-state index in [2.05, 4.69) is 32.3 Å². The summed E-state index contributed by atoms with van der Waals surface area (Å²) in [5, 5.41) is 17.1. The third-order valence-corrected chi connectivity index (χ3v) is 7.15. The molecule has 1 aliphatic carbocycles. The minimum absolute atomic E-state index is 0.106. The predicted molar refractivity (Wildman–Crippen MR) is 112 cm³/mol. The van der Waals surface area contributed by atoms with E-state index in [0.29, 0.717) is 18.7 Å². The molecule has 0 unspecified atom stereocenters. The predicted octanol–water partition coefficient (Wildman–Crippen LogP) is 2.55. The second-order valence-electron chi connectivity index (χ2n) is 7.76. The number of aliphatic hydroxyl groups is 1. The number of amides is 1. The van der Waals surface area contributed by atoms with Crippen molar-refractivity contribution in [3.8, 4) is 0 Å². The molecule has 1 saturated heterocycles. The highest BCUT2D eigenvalue weighted by molar-refractivity contribution is 7.13. The lowest BCUT2D eigenvalue weighted by molar-refractivity contribution is 0.0939. The van der Waals surface area contributed by atoms with Gasteiger partial charge in [-0.2, -0.15) is 0 Å². The van der Waals surface area contributed by atoms with E-state index in [1.165, 1.54) is 5.56 Å². The minimum atomic E-state index is -0.459. The maximum absolute atomic E-state index is 12.5. The molecule has 1 aliphatic heterocycles. The largest absolute Gasteiger partial charge is 0.391 e. The Morgan fingerprint density at radius 3 is 2.72 bits per heavy atom. The van der Waals surface area contributed by atoms with Gasteiger partial charge in [-0.3, -0.25) is 9.78 Å². The third-order valence-electron chi connectivity index (χ3n) is 6.31. The third kappa shape index (κ3) is 3.10. The van der Waals surface area contributed by atoms with Gasteiger partial charge in [0.2, 0.25) is 0 Å². The number of anilines is 1. The van der Waals surface area contributed by atoms with Crippen LogP contribution >= 0.6 is 11.3 Å². The molecule has 1 aromatic carbocycles. The van der Waals surface area contributed by atoms with Crippen molar-refractivity contribution in [2.75, 3.05) is 24.5 Å². The molecule has 29 heavy (non-hydrogen) atoms. The molecular formula is C22H22N4O2S. The molecule has 2 aliphatic rings. The summed E-state index contributed by atoms with van der Waals surface area (Å²) in [6.45, 7) is 1.85. The molecule has 1 saturated carbocycles. The second-order valence-corrected chi connectivity index (χ2v) is 8.64. The summed E-state index contributed by atoms with van der Waals surface area (Å²) in [4.78, 5) is 23.1. The van der Waals surface area contributed by atoms with Crippen LogP contribution in [0.4, 0.5) is 5.13 Å². The first-order valence-electron chi connectivity index (χ1n) is 9.76. The maximum Gasteiger partial charge on any atom is 0.251 e. The number of nitrogens with zero attached hydrogens (tertiary/aromatic N) is 3. The van der Waals surface area contributed by atoms with Gasteiger partial charge in [-0.25, -0.2) is 4.98 Å². The number of hydrogen-bond donors (Lipinski definition) is 2. The molecule has 1 amide bonds. The zero-order valence-electron chi connectivity index (χ0n) is 15.8. The van der Waals surface area contributed by atoms with Gasteiger partial charge < -0.3 is 15.3 Å². The quantitative estimate of drug-likeness (QED) is 0.681. The Morgan fingerprint density at radius 2 is 2.00 bits per heavy atom. The minimum Gasteiger partial charge on any atom is -0.391 e. The second kappa shape index (κ2) is 7.24. The van der Waals surface area contributed by atoms with Crippen LogP contribution in [0.1, 0.15) is 21.8 Å². The molecule has 5 rings (SSSR count).